The fourth-order valence-electron chi connectivity index (χ4n) is 3.00. The zero-order chi connectivity index (χ0) is 11.9. The van der Waals surface area contributed by atoms with Crippen LogP contribution in [0.2, 0.25) is 0 Å². The number of hydrogen-bond donors (Lipinski definition) is 1. The summed E-state index contributed by atoms with van der Waals surface area (Å²) in [5.74, 6) is 1.02. The van der Waals surface area contributed by atoms with E-state index in [0.717, 1.165) is 5.92 Å². The molecule has 1 rings (SSSR count). The van der Waals surface area contributed by atoms with Gasteiger partial charge in [0, 0.05) is 0 Å². The van der Waals surface area contributed by atoms with E-state index in [1.165, 1.54) is 64.5 Å². The van der Waals surface area contributed by atoms with E-state index in [-0.39, 0.29) is 0 Å². The van der Waals surface area contributed by atoms with Crippen LogP contribution < -0.4 is 5.32 Å². The monoisotopic (exact) mass is 225 g/mol. The Labute approximate surface area is 102 Å². The van der Waals surface area contributed by atoms with Gasteiger partial charge in [-0.2, -0.15) is 0 Å². The molecule has 1 nitrogen and oxygen atoms in total. The van der Waals surface area contributed by atoms with Gasteiger partial charge in [0.2, 0.25) is 0 Å². The quantitative estimate of drug-likeness (QED) is 0.634. The van der Waals surface area contributed by atoms with Crippen LogP contribution in [0.5, 0.6) is 0 Å². The molecule has 0 aromatic heterocycles. The fourth-order valence-corrected chi connectivity index (χ4v) is 3.00. The first kappa shape index (κ1) is 14.0. The summed E-state index contributed by atoms with van der Waals surface area (Å²) in [6, 6.07) is 0. The molecule has 16 heavy (non-hydrogen) atoms. The van der Waals surface area contributed by atoms with E-state index in [0.29, 0.717) is 5.41 Å². The highest BCUT2D eigenvalue weighted by Gasteiger charge is 2.24. The van der Waals surface area contributed by atoms with Crippen LogP contribution >= 0.6 is 0 Å². The van der Waals surface area contributed by atoms with Gasteiger partial charge in [-0.1, -0.05) is 52.9 Å². The van der Waals surface area contributed by atoms with Crippen molar-refractivity contribution in [1.82, 2.24) is 5.32 Å². The van der Waals surface area contributed by atoms with E-state index in [2.05, 4.69) is 26.1 Å². The molecule has 0 spiro atoms. The van der Waals surface area contributed by atoms with Crippen molar-refractivity contribution in [2.75, 3.05) is 13.1 Å². The average molecular weight is 225 g/mol. The molecule has 1 aliphatic carbocycles. The van der Waals surface area contributed by atoms with E-state index in [1.54, 1.807) is 0 Å². The van der Waals surface area contributed by atoms with Gasteiger partial charge in [0.15, 0.2) is 0 Å². The van der Waals surface area contributed by atoms with Gasteiger partial charge in [-0.15, -0.1) is 0 Å². The van der Waals surface area contributed by atoms with Crippen molar-refractivity contribution in [1.29, 1.82) is 0 Å². The van der Waals surface area contributed by atoms with Crippen LogP contribution in [0.3, 0.4) is 0 Å². The summed E-state index contributed by atoms with van der Waals surface area (Å²) in [7, 11) is 0. The predicted molar refractivity (Wildman–Crippen MR) is 72.8 cm³/mol. The summed E-state index contributed by atoms with van der Waals surface area (Å²) >= 11 is 0. The van der Waals surface area contributed by atoms with Crippen molar-refractivity contribution in [2.24, 2.45) is 11.3 Å². The predicted octanol–water partition coefficient (Wildman–Crippen LogP) is 4.37. The van der Waals surface area contributed by atoms with Gasteiger partial charge < -0.3 is 5.32 Å². The van der Waals surface area contributed by atoms with Crippen LogP contribution in [0.1, 0.15) is 72.1 Å². The minimum atomic E-state index is 0.544. The van der Waals surface area contributed by atoms with Crippen LogP contribution in [0, 0.1) is 11.3 Å². The second kappa shape index (κ2) is 7.32. The summed E-state index contributed by atoms with van der Waals surface area (Å²) in [4.78, 5) is 0. The Morgan fingerprint density at radius 3 is 2.38 bits per heavy atom. The Hall–Kier alpha value is -0.0400. The summed E-state index contributed by atoms with van der Waals surface area (Å²) in [6.45, 7) is 9.53. The van der Waals surface area contributed by atoms with E-state index < -0.39 is 0 Å². The Morgan fingerprint density at radius 2 is 1.75 bits per heavy atom. The molecule has 1 aliphatic rings. The molecule has 0 radical (unpaired) electrons. The summed E-state index contributed by atoms with van der Waals surface area (Å²) in [6.07, 6.45) is 11.5. The Bertz CT molecular complexity index is 168. The Kier molecular flexibility index (Phi) is 6.41. The maximum atomic E-state index is 3.53. The molecular weight excluding hydrogens is 194 g/mol. The lowest BCUT2D eigenvalue weighted by molar-refractivity contribution is 0.208. The average Bonchev–Trinajstić information content (AvgIpc) is 2.25. The minimum absolute atomic E-state index is 0.544. The molecule has 0 heterocycles. The largest absolute Gasteiger partial charge is 0.317 e. The van der Waals surface area contributed by atoms with Gasteiger partial charge in [-0.05, 0) is 43.7 Å². The SMILES string of the molecule is CCCNCCC(C)(C)CC1CCCCC1. The van der Waals surface area contributed by atoms with Crippen molar-refractivity contribution >= 4 is 0 Å². The van der Waals surface area contributed by atoms with Gasteiger partial charge in [0.25, 0.3) is 0 Å². The van der Waals surface area contributed by atoms with Crippen LogP contribution in [0.15, 0.2) is 0 Å². The van der Waals surface area contributed by atoms with Gasteiger partial charge in [-0.25, -0.2) is 0 Å². The van der Waals surface area contributed by atoms with Crippen molar-refractivity contribution in [3.8, 4) is 0 Å². The lowest BCUT2D eigenvalue weighted by atomic mass is 9.75. The summed E-state index contributed by atoms with van der Waals surface area (Å²) in [5, 5.41) is 3.53. The molecule has 1 fully saturated rings. The molecule has 1 N–H and O–H groups in total. The van der Waals surface area contributed by atoms with Crippen LogP contribution in [-0.4, -0.2) is 13.1 Å². The van der Waals surface area contributed by atoms with E-state index in [9.17, 15) is 0 Å². The molecular formula is C15H31N. The number of rotatable bonds is 7. The first-order valence-corrected chi connectivity index (χ1v) is 7.35. The molecule has 0 aromatic carbocycles. The van der Waals surface area contributed by atoms with Gasteiger partial charge in [0.05, 0.1) is 0 Å². The van der Waals surface area contributed by atoms with Gasteiger partial charge in [-0.3, -0.25) is 0 Å². The number of nitrogens with one attached hydrogen (secondary N) is 1. The van der Waals surface area contributed by atoms with Crippen molar-refractivity contribution < 1.29 is 0 Å². The van der Waals surface area contributed by atoms with Crippen molar-refractivity contribution in [3.05, 3.63) is 0 Å². The smallest absolute Gasteiger partial charge is 0.00438 e. The lowest BCUT2D eigenvalue weighted by Gasteiger charge is -2.32. The second-order valence-electron chi connectivity index (χ2n) is 6.37. The topological polar surface area (TPSA) is 12.0 Å². The first-order chi connectivity index (χ1) is 7.64. The Morgan fingerprint density at radius 1 is 1.06 bits per heavy atom. The van der Waals surface area contributed by atoms with Crippen molar-refractivity contribution in [2.45, 2.75) is 72.1 Å². The summed E-state index contributed by atoms with van der Waals surface area (Å²) < 4.78 is 0. The van der Waals surface area contributed by atoms with E-state index in [4.69, 9.17) is 0 Å². The molecule has 1 heteroatoms. The standard InChI is InChI=1S/C15H31N/c1-4-11-16-12-10-15(2,3)13-14-8-6-5-7-9-14/h14,16H,4-13H2,1-3H3. The molecule has 0 saturated heterocycles. The summed E-state index contributed by atoms with van der Waals surface area (Å²) in [5.41, 5.74) is 0.544. The molecule has 0 bridgehead atoms. The van der Waals surface area contributed by atoms with Crippen molar-refractivity contribution in [3.63, 3.8) is 0 Å². The normalized spacial score (nSPS) is 18.9. The third-order valence-corrected chi connectivity index (χ3v) is 3.97. The number of hydrogen-bond acceptors (Lipinski definition) is 1. The lowest BCUT2D eigenvalue weighted by Crippen LogP contribution is -2.25. The highest BCUT2D eigenvalue weighted by Crippen LogP contribution is 2.36. The van der Waals surface area contributed by atoms with E-state index >= 15 is 0 Å². The maximum Gasteiger partial charge on any atom is -0.00438 e. The fraction of sp³-hybridized carbons (Fsp3) is 1.00. The highest BCUT2D eigenvalue weighted by molar-refractivity contribution is 4.76. The van der Waals surface area contributed by atoms with Gasteiger partial charge in [0.1, 0.15) is 0 Å². The third kappa shape index (κ3) is 5.89. The molecule has 0 unspecified atom stereocenters. The molecule has 0 aromatic rings. The zero-order valence-electron chi connectivity index (χ0n) is 11.6. The highest BCUT2D eigenvalue weighted by atomic mass is 14.8. The van der Waals surface area contributed by atoms with Gasteiger partial charge >= 0.3 is 0 Å². The Balaban J connectivity index is 2.16. The minimum Gasteiger partial charge on any atom is -0.317 e. The van der Waals surface area contributed by atoms with Crippen LogP contribution in [0.4, 0.5) is 0 Å². The maximum absolute atomic E-state index is 3.53. The first-order valence-electron chi connectivity index (χ1n) is 7.35. The van der Waals surface area contributed by atoms with Crippen LogP contribution in [-0.2, 0) is 0 Å². The third-order valence-electron chi connectivity index (χ3n) is 3.97. The molecule has 0 amide bonds. The molecule has 0 aliphatic heterocycles. The second-order valence-corrected chi connectivity index (χ2v) is 6.37. The molecule has 96 valence electrons. The zero-order valence-corrected chi connectivity index (χ0v) is 11.6. The van der Waals surface area contributed by atoms with E-state index in [1.807, 2.05) is 0 Å². The molecule has 1 saturated carbocycles. The molecule has 0 atom stereocenters. The van der Waals surface area contributed by atoms with Crippen LogP contribution in [0.25, 0.3) is 0 Å².